The smallest absolute Gasteiger partial charge is 0.410 e. The summed E-state index contributed by atoms with van der Waals surface area (Å²) in [6, 6.07) is 11.2. The van der Waals surface area contributed by atoms with Crippen LogP contribution < -0.4 is 5.32 Å². The van der Waals surface area contributed by atoms with Crippen molar-refractivity contribution < 1.29 is 19.1 Å². The van der Waals surface area contributed by atoms with E-state index in [1.807, 2.05) is 69.5 Å². The summed E-state index contributed by atoms with van der Waals surface area (Å²) in [5, 5.41) is 4.77. The van der Waals surface area contributed by atoms with Crippen LogP contribution in [0, 0.1) is 6.92 Å². The van der Waals surface area contributed by atoms with Gasteiger partial charge in [-0.3, -0.25) is 9.59 Å². The summed E-state index contributed by atoms with van der Waals surface area (Å²) in [7, 11) is 0. The third-order valence-corrected chi connectivity index (χ3v) is 6.75. The molecule has 3 heterocycles. The molecule has 2 aliphatic rings. The van der Waals surface area contributed by atoms with Crippen molar-refractivity contribution >= 4 is 40.6 Å². The van der Waals surface area contributed by atoms with Gasteiger partial charge in [-0.15, -0.1) is 11.3 Å². The van der Waals surface area contributed by atoms with Crippen LogP contribution in [0.1, 0.15) is 44.1 Å². The van der Waals surface area contributed by atoms with Crippen molar-refractivity contribution in [3.05, 3.63) is 52.2 Å². The number of aliphatic imine (C=N–C) groups is 1. The lowest BCUT2D eigenvalue weighted by Gasteiger charge is -2.42. The minimum atomic E-state index is -0.862. The maximum atomic E-state index is 13.4. The van der Waals surface area contributed by atoms with Crippen molar-refractivity contribution in [2.75, 3.05) is 25.0 Å². The first kappa shape index (κ1) is 23.9. The highest BCUT2D eigenvalue weighted by molar-refractivity contribution is 7.13. The van der Waals surface area contributed by atoms with E-state index in [1.165, 1.54) is 11.3 Å². The lowest BCUT2D eigenvalue weighted by atomic mass is 9.96. The van der Waals surface area contributed by atoms with Crippen LogP contribution in [0.25, 0.3) is 0 Å². The average Bonchev–Trinajstić information content (AvgIpc) is 3.38. The normalized spacial score (nSPS) is 17.6. The summed E-state index contributed by atoms with van der Waals surface area (Å²) in [5.74, 6) is -0.541. The zero-order valence-electron chi connectivity index (χ0n) is 20.0. The van der Waals surface area contributed by atoms with Gasteiger partial charge in [0.15, 0.2) is 0 Å². The Labute approximate surface area is 203 Å². The number of amides is 3. The number of ether oxygens (including phenoxy) is 1. The molecule has 1 N–H and O–H groups in total. The lowest BCUT2D eigenvalue weighted by Crippen LogP contribution is -2.56. The Bertz CT molecular complexity index is 1090. The van der Waals surface area contributed by atoms with E-state index in [2.05, 4.69) is 5.32 Å². The number of carbonyl (C=O) groups is 3. The standard InChI is InChI=1S/C25H30N4O4S/c1-17-7-9-18(10-8-17)26-20(30)16-29-22(31)21(19-6-5-15-34-19)27-25(29)11-13-28(14-12-25)23(32)33-24(2,3)4/h5-10,15H,11-14,16H2,1-4H3,(H,26,30). The lowest BCUT2D eigenvalue weighted by molar-refractivity contribution is -0.134. The molecule has 34 heavy (non-hydrogen) atoms. The maximum Gasteiger partial charge on any atom is 0.410 e. The summed E-state index contributed by atoms with van der Waals surface area (Å²) in [5.41, 5.74) is 0.705. The van der Waals surface area contributed by atoms with Crippen LogP contribution >= 0.6 is 11.3 Å². The van der Waals surface area contributed by atoms with E-state index in [9.17, 15) is 14.4 Å². The van der Waals surface area contributed by atoms with Gasteiger partial charge in [-0.25, -0.2) is 9.79 Å². The Morgan fingerprint density at radius 2 is 1.82 bits per heavy atom. The van der Waals surface area contributed by atoms with Gasteiger partial charge in [0.05, 0.1) is 4.88 Å². The number of aryl methyl sites for hydroxylation is 1. The van der Waals surface area contributed by atoms with Crippen LogP contribution in [-0.2, 0) is 14.3 Å². The van der Waals surface area contributed by atoms with Gasteiger partial charge in [-0.05, 0) is 51.3 Å². The minimum absolute atomic E-state index is 0.114. The van der Waals surface area contributed by atoms with E-state index in [-0.39, 0.29) is 24.5 Å². The summed E-state index contributed by atoms with van der Waals surface area (Å²) in [6.07, 6.45) is 0.493. The monoisotopic (exact) mass is 482 g/mol. The molecule has 0 saturated carbocycles. The Morgan fingerprint density at radius 1 is 1.15 bits per heavy atom. The topological polar surface area (TPSA) is 91.3 Å². The molecule has 2 aliphatic heterocycles. The van der Waals surface area contributed by atoms with E-state index >= 15 is 0 Å². The zero-order valence-corrected chi connectivity index (χ0v) is 20.8. The van der Waals surface area contributed by atoms with E-state index in [1.54, 1.807) is 9.80 Å². The van der Waals surface area contributed by atoms with Gasteiger partial charge in [0.1, 0.15) is 23.5 Å². The molecule has 8 nitrogen and oxygen atoms in total. The molecule has 0 radical (unpaired) electrons. The van der Waals surface area contributed by atoms with Crippen molar-refractivity contribution in [1.82, 2.24) is 9.80 Å². The van der Waals surface area contributed by atoms with Crippen LogP contribution in [0.3, 0.4) is 0 Å². The Hall–Kier alpha value is -3.20. The van der Waals surface area contributed by atoms with Gasteiger partial charge in [-0.1, -0.05) is 23.8 Å². The number of nitrogens with zero attached hydrogens (tertiary/aromatic N) is 3. The number of anilines is 1. The van der Waals surface area contributed by atoms with Crippen molar-refractivity contribution in [3.8, 4) is 0 Å². The van der Waals surface area contributed by atoms with Crippen LogP contribution in [0.15, 0.2) is 46.8 Å². The first-order valence-electron chi connectivity index (χ1n) is 11.4. The Balaban J connectivity index is 1.53. The number of carbonyl (C=O) groups excluding carboxylic acids is 3. The number of hydrogen-bond acceptors (Lipinski definition) is 6. The van der Waals surface area contributed by atoms with Crippen LogP contribution in [-0.4, -0.2) is 64.3 Å². The highest BCUT2D eigenvalue weighted by atomic mass is 32.1. The second kappa shape index (κ2) is 9.21. The Morgan fingerprint density at radius 3 is 2.41 bits per heavy atom. The molecule has 2 aromatic rings. The third kappa shape index (κ3) is 5.14. The molecule has 1 aromatic heterocycles. The molecular formula is C25H30N4O4S. The van der Waals surface area contributed by atoms with Crippen LogP contribution in [0.2, 0.25) is 0 Å². The number of thiophene rings is 1. The summed E-state index contributed by atoms with van der Waals surface area (Å²) in [6.45, 7) is 8.13. The molecule has 1 fully saturated rings. The predicted octanol–water partition coefficient (Wildman–Crippen LogP) is 4.05. The highest BCUT2D eigenvalue weighted by Gasteiger charge is 2.50. The largest absolute Gasteiger partial charge is 0.444 e. The SMILES string of the molecule is Cc1ccc(NC(=O)CN2C(=O)C(c3cccs3)=NC23CCN(C(=O)OC(C)(C)C)CC3)cc1. The summed E-state index contributed by atoms with van der Waals surface area (Å²) >= 11 is 1.44. The molecule has 1 saturated heterocycles. The van der Waals surface area contributed by atoms with Crippen molar-refractivity contribution in [3.63, 3.8) is 0 Å². The fraction of sp³-hybridized carbons (Fsp3) is 0.440. The van der Waals surface area contributed by atoms with E-state index in [0.717, 1.165) is 10.4 Å². The average molecular weight is 483 g/mol. The van der Waals surface area contributed by atoms with Crippen molar-refractivity contribution in [2.24, 2.45) is 4.99 Å². The van der Waals surface area contributed by atoms with Crippen LogP contribution in [0.5, 0.6) is 0 Å². The van der Waals surface area contributed by atoms with Crippen molar-refractivity contribution in [2.45, 2.75) is 51.8 Å². The second-order valence-corrected chi connectivity index (χ2v) is 10.6. The van der Waals surface area contributed by atoms with Gasteiger partial charge in [0, 0.05) is 31.6 Å². The van der Waals surface area contributed by atoms with E-state index < -0.39 is 11.3 Å². The number of hydrogen-bond donors (Lipinski definition) is 1. The fourth-order valence-corrected chi connectivity index (χ4v) is 4.87. The predicted molar refractivity (Wildman–Crippen MR) is 132 cm³/mol. The van der Waals surface area contributed by atoms with Gasteiger partial charge in [-0.2, -0.15) is 0 Å². The van der Waals surface area contributed by atoms with Gasteiger partial charge < -0.3 is 19.9 Å². The van der Waals surface area contributed by atoms with Gasteiger partial charge >= 0.3 is 6.09 Å². The van der Waals surface area contributed by atoms with Crippen LogP contribution in [0.4, 0.5) is 10.5 Å². The minimum Gasteiger partial charge on any atom is -0.444 e. The molecule has 4 rings (SSSR count). The van der Waals surface area contributed by atoms with E-state index in [4.69, 9.17) is 9.73 Å². The molecular weight excluding hydrogens is 452 g/mol. The number of piperidine rings is 1. The summed E-state index contributed by atoms with van der Waals surface area (Å²) in [4.78, 5) is 47.7. The number of rotatable bonds is 4. The van der Waals surface area contributed by atoms with Gasteiger partial charge in [0.2, 0.25) is 5.91 Å². The molecule has 1 spiro atoms. The van der Waals surface area contributed by atoms with Crippen molar-refractivity contribution in [1.29, 1.82) is 0 Å². The molecule has 3 amide bonds. The molecule has 9 heteroatoms. The maximum absolute atomic E-state index is 13.4. The molecule has 0 aliphatic carbocycles. The quantitative estimate of drug-likeness (QED) is 0.712. The first-order chi connectivity index (χ1) is 16.1. The summed E-state index contributed by atoms with van der Waals surface area (Å²) < 4.78 is 5.50. The number of likely N-dealkylation sites (tertiary alicyclic amines) is 1. The first-order valence-corrected chi connectivity index (χ1v) is 12.2. The number of nitrogens with one attached hydrogen (secondary N) is 1. The molecule has 1 aromatic carbocycles. The third-order valence-electron chi connectivity index (χ3n) is 5.88. The highest BCUT2D eigenvalue weighted by Crippen LogP contribution is 2.37. The molecule has 0 unspecified atom stereocenters. The molecule has 0 bridgehead atoms. The molecule has 0 atom stereocenters. The number of benzene rings is 1. The zero-order chi connectivity index (χ0) is 24.5. The van der Waals surface area contributed by atoms with Gasteiger partial charge in [0.25, 0.3) is 5.91 Å². The molecule has 180 valence electrons. The fourth-order valence-electron chi connectivity index (χ4n) is 4.16. The van der Waals surface area contributed by atoms with E-state index in [0.29, 0.717) is 37.3 Å². The Kier molecular flexibility index (Phi) is 6.49. The second-order valence-electron chi connectivity index (χ2n) is 9.69.